The van der Waals surface area contributed by atoms with Crippen molar-refractivity contribution in [3.63, 3.8) is 0 Å². The zero-order chi connectivity index (χ0) is 5.91. The van der Waals surface area contributed by atoms with Crippen LogP contribution in [0.3, 0.4) is 0 Å². The topological polar surface area (TPSA) is 52.3 Å². The molecule has 0 aromatic rings. The van der Waals surface area contributed by atoms with Crippen LogP contribution in [-0.4, -0.2) is 42.9 Å². The summed E-state index contributed by atoms with van der Waals surface area (Å²) in [5.41, 5.74) is 5.01. The second kappa shape index (κ2) is 8.48. The third-order valence-corrected chi connectivity index (χ3v) is 3.50. The Bertz CT molecular complexity index is 96.6. The van der Waals surface area contributed by atoms with E-state index in [1.165, 1.54) is 7.11 Å². The molecule has 0 radical (unpaired) electrons. The van der Waals surface area contributed by atoms with Crippen LogP contribution in [0.25, 0.3) is 0 Å². The summed E-state index contributed by atoms with van der Waals surface area (Å²) in [4.78, 5) is 0. The molecule has 0 amide bonds. The summed E-state index contributed by atoms with van der Waals surface area (Å²) >= 11 is 1.04. The molecule has 0 aromatic heterocycles. The Morgan fingerprint density at radius 1 is 1.67 bits per heavy atom. The molecule has 0 fully saturated rings. The van der Waals surface area contributed by atoms with Gasteiger partial charge in [0.25, 0.3) is 0 Å². The number of rotatable bonds is 2. The van der Waals surface area contributed by atoms with E-state index in [1.807, 2.05) is 0 Å². The van der Waals surface area contributed by atoms with E-state index in [4.69, 9.17) is 5.50 Å². The van der Waals surface area contributed by atoms with E-state index in [9.17, 15) is 4.57 Å². The van der Waals surface area contributed by atoms with Crippen LogP contribution in [0.2, 0.25) is 0 Å². The molecule has 0 saturated carbocycles. The molecule has 0 rings (SSSR count). The molecule has 50 valence electrons. The molecule has 3 nitrogen and oxygen atoms in total. The van der Waals surface area contributed by atoms with Crippen LogP contribution in [0.4, 0.5) is 0 Å². The van der Waals surface area contributed by atoms with Gasteiger partial charge in [-0.15, -0.1) is 0 Å². The normalized spacial score (nSPS) is 14.6. The van der Waals surface area contributed by atoms with Crippen molar-refractivity contribution in [2.45, 2.75) is 0 Å². The molecule has 0 aliphatic carbocycles. The number of nitrogens with two attached hydrogens (primary N) is 1. The fraction of sp³-hybridized carbons (Fsp3) is 1.00. The maximum atomic E-state index is 10.5. The smallest absolute Gasteiger partial charge is 0 e. The fourth-order valence-corrected chi connectivity index (χ4v) is 0.671. The van der Waals surface area contributed by atoms with E-state index < -0.39 is 6.72 Å². The molecule has 7 heteroatoms. The van der Waals surface area contributed by atoms with Gasteiger partial charge in [0.15, 0.2) is 0 Å². The van der Waals surface area contributed by atoms with Crippen molar-refractivity contribution in [1.82, 2.24) is 0 Å². The summed E-state index contributed by atoms with van der Waals surface area (Å²) in [5.74, 6) is 0. The van der Waals surface area contributed by atoms with E-state index in [-0.39, 0.29) is 55.8 Å². The van der Waals surface area contributed by atoms with E-state index in [1.54, 1.807) is 6.26 Å². The van der Waals surface area contributed by atoms with Crippen molar-refractivity contribution in [1.29, 1.82) is 0 Å². The fourth-order valence-electron chi connectivity index (χ4n) is 0.0745. The molecule has 0 aromatic carbocycles. The Balaban J connectivity index is -0.000000180. The van der Waals surface area contributed by atoms with Crippen LogP contribution < -0.4 is 5.50 Å². The predicted octanol–water partition coefficient (Wildman–Crippen LogP) is 0.412. The molecule has 0 bridgehead atoms. The summed E-state index contributed by atoms with van der Waals surface area (Å²) in [6.45, 7) is -2.74. The van der Waals surface area contributed by atoms with E-state index >= 15 is 0 Å². The molecule has 1 atom stereocenters. The summed E-state index contributed by atoms with van der Waals surface area (Å²) < 4.78 is 14.9. The zero-order valence-electron chi connectivity index (χ0n) is 4.75. The first-order chi connectivity index (χ1) is 3.12. The standard InChI is InChI=1S/C2H8NO2PS.Na.Zr.H/c1-5-6(3,4)7-2;;;/h1-2H3,(H2,3,4);;;. The van der Waals surface area contributed by atoms with Crippen LogP contribution >= 0.6 is 18.1 Å². The Labute approximate surface area is 101 Å². The van der Waals surface area contributed by atoms with Crippen LogP contribution in [0.5, 0.6) is 0 Å². The quantitative estimate of drug-likeness (QED) is 0.574. The minimum Gasteiger partial charge on any atom is 0 e. The maximum absolute atomic E-state index is 10.5. The average molecular weight is 256 g/mol. The third kappa shape index (κ3) is 10.4. The largest absolute Gasteiger partial charge is 0 e. The SMILES string of the molecule is COP(N)(=O)SC.[NaH].[Zr]. The molecule has 2 N–H and O–H groups in total. The molecular weight excluding hydrogens is 247 g/mol. The van der Waals surface area contributed by atoms with Crippen molar-refractivity contribution in [2.75, 3.05) is 13.4 Å². The predicted molar refractivity (Wildman–Crippen MR) is 39.5 cm³/mol. The van der Waals surface area contributed by atoms with E-state index in [0.29, 0.717) is 0 Å². The molecular formula is C2H9NNaO2PSZr. The summed E-state index contributed by atoms with van der Waals surface area (Å²) in [7, 11) is 1.33. The Kier molecular flexibility index (Phi) is 16.5. The minimum atomic E-state index is -2.74. The van der Waals surface area contributed by atoms with Crippen molar-refractivity contribution < 1.29 is 35.3 Å². The maximum Gasteiger partial charge on any atom is 0 e. The molecule has 9 heavy (non-hydrogen) atoms. The molecule has 1 unspecified atom stereocenters. The first-order valence-corrected chi connectivity index (χ1v) is 5.15. The van der Waals surface area contributed by atoms with Crippen molar-refractivity contribution in [3.05, 3.63) is 0 Å². The first kappa shape index (κ1) is 17.5. The van der Waals surface area contributed by atoms with Crippen molar-refractivity contribution in [3.8, 4) is 0 Å². The Hall–Kier alpha value is 2.38. The van der Waals surface area contributed by atoms with Crippen LogP contribution in [0.15, 0.2) is 0 Å². The van der Waals surface area contributed by atoms with Gasteiger partial charge in [-0.1, -0.05) is 11.4 Å². The zero-order valence-corrected chi connectivity index (χ0v) is 8.92. The summed E-state index contributed by atoms with van der Waals surface area (Å²) in [5, 5.41) is 0. The minimum absolute atomic E-state index is 0. The van der Waals surface area contributed by atoms with Gasteiger partial charge >= 0.3 is 36.3 Å². The van der Waals surface area contributed by atoms with Gasteiger partial charge < -0.3 is 4.52 Å². The molecule has 0 spiro atoms. The van der Waals surface area contributed by atoms with Crippen molar-refractivity contribution >= 4 is 47.7 Å². The van der Waals surface area contributed by atoms with Gasteiger partial charge in [-0.3, -0.25) is 10.1 Å². The monoisotopic (exact) mass is 255 g/mol. The van der Waals surface area contributed by atoms with Gasteiger partial charge in [-0.05, 0) is 6.26 Å². The van der Waals surface area contributed by atoms with Gasteiger partial charge in [0.05, 0.1) is 0 Å². The van der Waals surface area contributed by atoms with E-state index in [2.05, 4.69) is 4.52 Å². The summed E-state index contributed by atoms with van der Waals surface area (Å²) in [6.07, 6.45) is 1.64. The first-order valence-electron chi connectivity index (χ1n) is 1.62. The van der Waals surface area contributed by atoms with Gasteiger partial charge in [0.1, 0.15) is 0 Å². The average Bonchev–Trinajstić information content (AvgIpc) is 1.68. The van der Waals surface area contributed by atoms with Crippen LogP contribution in [0, 0.1) is 0 Å². The van der Waals surface area contributed by atoms with Gasteiger partial charge in [0.2, 0.25) is 0 Å². The van der Waals surface area contributed by atoms with E-state index in [0.717, 1.165) is 11.4 Å². The second-order valence-corrected chi connectivity index (χ2v) is 5.34. The Morgan fingerprint density at radius 3 is 2.00 bits per heavy atom. The molecule has 0 heterocycles. The van der Waals surface area contributed by atoms with Crippen LogP contribution in [0.1, 0.15) is 0 Å². The van der Waals surface area contributed by atoms with Gasteiger partial charge in [-0.2, -0.15) is 0 Å². The second-order valence-electron chi connectivity index (χ2n) is 0.905. The number of hydrogen-bond acceptors (Lipinski definition) is 3. The van der Waals surface area contributed by atoms with Crippen molar-refractivity contribution in [2.24, 2.45) is 5.50 Å². The third-order valence-electron chi connectivity index (χ3n) is 0.509. The molecule has 0 aliphatic rings. The molecule has 0 saturated heterocycles. The Morgan fingerprint density at radius 2 is 2.00 bits per heavy atom. The molecule has 0 aliphatic heterocycles. The van der Waals surface area contributed by atoms with Crippen LogP contribution in [-0.2, 0) is 35.3 Å². The van der Waals surface area contributed by atoms with Gasteiger partial charge in [0, 0.05) is 33.3 Å². The van der Waals surface area contributed by atoms with Gasteiger partial charge in [-0.25, -0.2) is 0 Å². The summed E-state index contributed by atoms with van der Waals surface area (Å²) in [6, 6.07) is 0. The number of hydrogen-bond donors (Lipinski definition) is 1.